The molecule has 0 saturated heterocycles. The summed E-state index contributed by atoms with van der Waals surface area (Å²) in [5.74, 6) is 0. The molecule has 0 aliphatic carbocycles. The van der Waals surface area contributed by atoms with Gasteiger partial charge in [0.25, 0.3) is 0 Å². The number of allylic oxidation sites excluding steroid dienone is 1. The van der Waals surface area contributed by atoms with E-state index in [-0.39, 0.29) is 0 Å². The van der Waals surface area contributed by atoms with Crippen LogP contribution in [-0.2, 0) is 0 Å². The normalized spacial score (nSPS) is 11.1. The Bertz CT molecular complexity index is 918. The van der Waals surface area contributed by atoms with Crippen LogP contribution in [0.3, 0.4) is 0 Å². The van der Waals surface area contributed by atoms with Crippen LogP contribution in [0.4, 0.5) is 5.69 Å². The van der Waals surface area contributed by atoms with Crippen LogP contribution >= 0.6 is 11.3 Å². The summed E-state index contributed by atoms with van der Waals surface area (Å²) in [6.45, 7) is 4.11. The number of anilines is 1. The third-order valence-electron chi connectivity index (χ3n) is 3.68. The molecule has 4 heteroatoms. The van der Waals surface area contributed by atoms with Crippen LogP contribution in [0.15, 0.2) is 60.1 Å². The Morgan fingerprint density at radius 1 is 1.17 bits per heavy atom. The summed E-state index contributed by atoms with van der Waals surface area (Å²) in [6, 6.07) is 18.4. The van der Waals surface area contributed by atoms with Crippen LogP contribution in [0.1, 0.15) is 16.1 Å². The fraction of sp³-hybridized carbons (Fsp3) is 0.100. The molecule has 1 N–H and O–H groups in total. The van der Waals surface area contributed by atoms with E-state index in [0.29, 0.717) is 10.6 Å². The Morgan fingerprint density at radius 2 is 1.96 bits per heavy atom. The van der Waals surface area contributed by atoms with Crippen molar-refractivity contribution in [2.45, 2.75) is 13.8 Å². The second-order valence-corrected chi connectivity index (χ2v) is 6.39. The van der Waals surface area contributed by atoms with E-state index in [2.05, 4.69) is 29.4 Å². The van der Waals surface area contributed by atoms with Crippen molar-refractivity contribution < 1.29 is 0 Å². The highest BCUT2D eigenvalue weighted by Gasteiger charge is 2.09. The topological polar surface area (TPSA) is 48.7 Å². The molecule has 0 aliphatic heterocycles. The van der Waals surface area contributed by atoms with Crippen molar-refractivity contribution in [2.75, 3.05) is 5.32 Å². The minimum atomic E-state index is 0.530. The van der Waals surface area contributed by atoms with Crippen molar-refractivity contribution in [2.24, 2.45) is 0 Å². The Hall–Kier alpha value is -2.90. The first kappa shape index (κ1) is 16.0. The Kier molecular flexibility index (Phi) is 4.74. The monoisotopic (exact) mass is 331 g/mol. The molecule has 0 spiro atoms. The lowest BCUT2D eigenvalue weighted by Gasteiger charge is -2.06. The van der Waals surface area contributed by atoms with Gasteiger partial charge in [-0.25, -0.2) is 4.98 Å². The molecular formula is C20H17N3S. The van der Waals surface area contributed by atoms with Gasteiger partial charge in [-0.15, -0.1) is 11.3 Å². The van der Waals surface area contributed by atoms with E-state index in [9.17, 15) is 5.26 Å². The van der Waals surface area contributed by atoms with Gasteiger partial charge in [-0.05, 0) is 25.5 Å². The zero-order chi connectivity index (χ0) is 16.9. The van der Waals surface area contributed by atoms with Crippen molar-refractivity contribution in [3.05, 3.63) is 76.2 Å². The molecule has 0 aliphatic rings. The number of thiazole rings is 1. The van der Waals surface area contributed by atoms with Crippen molar-refractivity contribution in [1.29, 1.82) is 5.26 Å². The molecule has 0 unspecified atom stereocenters. The maximum absolute atomic E-state index is 9.46. The van der Waals surface area contributed by atoms with E-state index in [1.165, 1.54) is 16.9 Å². The molecule has 0 saturated carbocycles. The van der Waals surface area contributed by atoms with Gasteiger partial charge in [0.15, 0.2) is 0 Å². The molecule has 118 valence electrons. The molecule has 0 atom stereocenters. The van der Waals surface area contributed by atoms with E-state index in [1.54, 1.807) is 6.20 Å². The Morgan fingerprint density at radius 3 is 2.67 bits per heavy atom. The molecule has 0 bridgehead atoms. The van der Waals surface area contributed by atoms with Crippen molar-refractivity contribution in [3.8, 4) is 17.3 Å². The predicted molar refractivity (Wildman–Crippen MR) is 101 cm³/mol. The van der Waals surface area contributed by atoms with Crippen molar-refractivity contribution >= 4 is 22.6 Å². The number of hydrogen-bond donors (Lipinski definition) is 1. The molecule has 0 amide bonds. The van der Waals surface area contributed by atoms with Crippen molar-refractivity contribution in [1.82, 2.24) is 4.98 Å². The molecular weight excluding hydrogens is 314 g/mol. The van der Waals surface area contributed by atoms with Gasteiger partial charge in [0.2, 0.25) is 0 Å². The van der Waals surface area contributed by atoms with Crippen LogP contribution in [-0.4, -0.2) is 4.98 Å². The Labute approximate surface area is 145 Å². The van der Waals surface area contributed by atoms with Gasteiger partial charge < -0.3 is 5.32 Å². The molecule has 24 heavy (non-hydrogen) atoms. The first-order valence-corrected chi connectivity index (χ1v) is 8.51. The smallest absolute Gasteiger partial charge is 0.136 e. The predicted octanol–water partition coefficient (Wildman–Crippen LogP) is 5.40. The van der Waals surface area contributed by atoms with Gasteiger partial charge in [0.1, 0.15) is 16.6 Å². The van der Waals surface area contributed by atoms with Crippen LogP contribution in [0, 0.1) is 25.2 Å². The summed E-state index contributed by atoms with van der Waals surface area (Å²) >= 11 is 1.48. The molecule has 1 aromatic heterocycles. The molecule has 0 fully saturated rings. The molecule has 1 heterocycles. The van der Waals surface area contributed by atoms with E-state index in [0.717, 1.165) is 22.5 Å². The number of rotatable bonds is 4. The zero-order valence-electron chi connectivity index (χ0n) is 13.6. The van der Waals surface area contributed by atoms with Crippen LogP contribution in [0.5, 0.6) is 0 Å². The highest BCUT2D eigenvalue weighted by molar-refractivity contribution is 7.11. The van der Waals surface area contributed by atoms with E-state index < -0.39 is 0 Å². The van der Waals surface area contributed by atoms with Gasteiger partial charge in [-0.2, -0.15) is 5.26 Å². The molecule has 3 nitrogen and oxygen atoms in total. The van der Waals surface area contributed by atoms with E-state index in [4.69, 9.17) is 0 Å². The lowest BCUT2D eigenvalue weighted by Crippen LogP contribution is -1.94. The summed E-state index contributed by atoms with van der Waals surface area (Å²) in [5, 5.41) is 15.4. The standard InChI is InChI=1S/C20H17N3S/c1-14-8-9-18(15(2)10-14)22-12-17(11-21)20-23-19(13-24-20)16-6-4-3-5-7-16/h3-10,12-13,22H,1-2H3/b17-12+. The third-order valence-corrected chi connectivity index (χ3v) is 4.55. The second kappa shape index (κ2) is 7.12. The number of hydrogen-bond acceptors (Lipinski definition) is 4. The molecule has 3 aromatic rings. The maximum atomic E-state index is 9.46. The number of nitrogens with zero attached hydrogens (tertiary/aromatic N) is 2. The number of nitrogens with one attached hydrogen (secondary N) is 1. The van der Waals surface area contributed by atoms with Crippen LogP contribution in [0.25, 0.3) is 16.8 Å². The van der Waals surface area contributed by atoms with E-state index >= 15 is 0 Å². The van der Waals surface area contributed by atoms with Gasteiger partial charge in [0.05, 0.1) is 5.69 Å². The number of aromatic nitrogens is 1. The minimum Gasteiger partial charge on any atom is -0.360 e. The second-order valence-electron chi connectivity index (χ2n) is 5.54. The minimum absolute atomic E-state index is 0.530. The lowest BCUT2D eigenvalue weighted by atomic mass is 10.1. The van der Waals surface area contributed by atoms with E-state index in [1.807, 2.05) is 54.8 Å². The molecule has 2 aromatic carbocycles. The van der Waals surface area contributed by atoms with Crippen LogP contribution < -0.4 is 5.32 Å². The molecule has 0 radical (unpaired) electrons. The highest BCUT2D eigenvalue weighted by Crippen LogP contribution is 2.26. The van der Waals surface area contributed by atoms with Gasteiger partial charge >= 0.3 is 0 Å². The summed E-state index contributed by atoms with van der Waals surface area (Å²) < 4.78 is 0. The summed E-state index contributed by atoms with van der Waals surface area (Å²) in [7, 11) is 0. The summed E-state index contributed by atoms with van der Waals surface area (Å²) in [6.07, 6.45) is 1.73. The maximum Gasteiger partial charge on any atom is 0.136 e. The largest absolute Gasteiger partial charge is 0.360 e. The fourth-order valence-electron chi connectivity index (χ4n) is 2.41. The quantitative estimate of drug-likeness (QED) is 0.651. The van der Waals surface area contributed by atoms with Gasteiger partial charge in [-0.1, -0.05) is 48.0 Å². The van der Waals surface area contributed by atoms with Crippen molar-refractivity contribution in [3.63, 3.8) is 0 Å². The third kappa shape index (κ3) is 3.53. The summed E-state index contributed by atoms with van der Waals surface area (Å²) in [4.78, 5) is 4.59. The average molecular weight is 331 g/mol. The Balaban J connectivity index is 1.84. The lowest BCUT2D eigenvalue weighted by molar-refractivity contribution is 1.35. The number of nitriles is 1. The first-order chi connectivity index (χ1) is 11.7. The first-order valence-electron chi connectivity index (χ1n) is 7.63. The molecule has 3 rings (SSSR count). The SMILES string of the molecule is Cc1ccc(N/C=C(\C#N)c2nc(-c3ccccc3)cs2)c(C)c1. The fourth-order valence-corrected chi connectivity index (χ4v) is 3.20. The number of aryl methyl sites for hydroxylation is 2. The highest BCUT2D eigenvalue weighted by atomic mass is 32.1. The van der Waals surface area contributed by atoms with Crippen LogP contribution in [0.2, 0.25) is 0 Å². The summed E-state index contributed by atoms with van der Waals surface area (Å²) in [5.41, 5.74) is 5.83. The van der Waals surface area contributed by atoms with Gasteiger partial charge in [-0.3, -0.25) is 0 Å². The van der Waals surface area contributed by atoms with Gasteiger partial charge in [0, 0.05) is 22.8 Å². The average Bonchev–Trinajstić information content (AvgIpc) is 3.08. The zero-order valence-corrected chi connectivity index (χ0v) is 14.4. The number of benzene rings is 2.